The molecule has 2 aliphatic heterocycles. The predicted octanol–water partition coefficient (Wildman–Crippen LogP) is 2.99. The van der Waals surface area contributed by atoms with Crippen LogP contribution in [0.25, 0.3) is 0 Å². The zero-order chi connectivity index (χ0) is 13.8. The van der Waals surface area contributed by atoms with Gasteiger partial charge in [0.05, 0.1) is 0 Å². The molecule has 0 spiro atoms. The summed E-state index contributed by atoms with van der Waals surface area (Å²) in [6.07, 6.45) is 14.0. The summed E-state index contributed by atoms with van der Waals surface area (Å²) in [6, 6.07) is 1.41. The van der Waals surface area contributed by atoms with Crippen molar-refractivity contribution in [1.29, 1.82) is 0 Å². The highest BCUT2D eigenvalue weighted by atomic mass is 16.1. The van der Waals surface area contributed by atoms with Gasteiger partial charge in [-0.2, -0.15) is 0 Å². The predicted molar refractivity (Wildman–Crippen MR) is 81.5 cm³/mol. The lowest BCUT2D eigenvalue weighted by Crippen LogP contribution is -2.39. The Kier molecular flexibility index (Phi) is 4.98. The van der Waals surface area contributed by atoms with Gasteiger partial charge in [0.2, 0.25) is 5.91 Å². The van der Waals surface area contributed by atoms with Crippen molar-refractivity contribution in [3.8, 4) is 0 Å². The molecule has 0 radical (unpaired) electrons. The molecule has 2 unspecified atom stereocenters. The molecule has 3 fully saturated rings. The lowest BCUT2D eigenvalue weighted by atomic mass is 9.89. The molecule has 2 atom stereocenters. The Hall–Kier alpha value is -0.570. The average molecular weight is 278 g/mol. The van der Waals surface area contributed by atoms with E-state index in [0.717, 1.165) is 18.9 Å². The first-order valence-corrected chi connectivity index (χ1v) is 8.82. The van der Waals surface area contributed by atoms with Crippen molar-refractivity contribution in [2.24, 2.45) is 11.8 Å². The average Bonchev–Trinajstić information content (AvgIpc) is 3.05. The normalized spacial score (nSPS) is 33.5. The van der Waals surface area contributed by atoms with Gasteiger partial charge in [0, 0.05) is 25.0 Å². The van der Waals surface area contributed by atoms with Gasteiger partial charge in [-0.15, -0.1) is 0 Å². The lowest BCUT2D eigenvalue weighted by Gasteiger charge is -2.28. The molecule has 3 nitrogen and oxygen atoms in total. The molecular formula is C17H30N2O. The van der Waals surface area contributed by atoms with Crippen molar-refractivity contribution in [2.45, 2.75) is 82.7 Å². The van der Waals surface area contributed by atoms with E-state index >= 15 is 0 Å². The van der Waals surface area contributed by atoms with Crippen LogP contribution in [0.2, 0.25) is 0 Å². The molecule has 1 amide bonds. The van der Waals surface area contributed by atoms with Crippen LogP contribution in [0.1, 0.15) is 70.6 Å². The summed E-state index contributed by atoms with van der Waals surface area (Å²) in [6.45, 7) is 0.896. The van der Waals surface area contributed by atoms with E-state index in [1.54, 1.807) is 0 Å². The van der Waals surface area contributed by atoms with E-state index in [2.05, 4.69) is 10.6 Å². The van der Waals surface area contributed by atoms with E-state index in [0.29, 0.717) is 23.9 Å². The molecule has 20 heavy (non-hydrogen) atoms. The van der Waals surface area contributed by atoms with E-state index < -0.39 is 0 Å². The molecule has 1 aliphatic carbocycles. The van der Waals surface area contributed by atoms with Crippen LogP contribution in [0.5, 0.6) is 0 Å². The van der Waals surface area contributed by atoms with Gasteiger partial charge in [0.1, 0.15) is 0 Å². The van der Waals surface area contributed by atoms with Crippen molar-refractivity contribution in [3.63, 3.8) is 0 Å². The number of fused-ring (bicyclic) bond motifs is 2. The first kappa shape index (κ1) is 14.4. The molecule has 114 valence electrons. The fourth-order valence-corrected chi connectivity index (χ4v) is 4.59. The molecule has 1 saturated carbocycles. The molecule has 3 heteroatoms. The van der Waals surface area contributed by atoms with Crippen LogP contribution in [0, 0.1) is 11.8 Å². The highest BCUT2D eigenvalue weighted by molar-refractivity contribution is 5.76. The Morgan fingerprint density at radius 3 is 2.40 bits per heavy atom. The Labute approximate surface area is 123 Å². The molecule has 0 aromatic heterocycles. The third-order valence-corrected chi connectivity index (χ3v) is 5.63. The summed E-state index contributed by atoms with van der Waals surface area (Å²) in [5, 5.41) is 6.79. The van der Waals surface area contributed by atoms with E-state index in [9.17, 15) is 4.79 Å². The maximum atomic E-state index is 12.0. The molecule has 2 heterocycles. The highest BCUT2D eigenvalue weighted by Crippen LogP contribution is 2.32. The minimum absolute atomic E-state index is 0.294. The van der Waals surface area contributed by atoms with E-state index in [4.69, 9.17) is 0 Å². The zero-order valence-electron chi connectivity index (χ0n) is 12.7. The van der Waals surface area contributed by atoms with Gasteiger partial charge in [-0.05, 0) is 50.4 Å². The van der Waals surface area contributed by atoms with Crippen molar-refractivity contribution in [3.05, 3.63) is 0 Å². The van der Waals surface area contributed by atoms with Crippen LogP contribution in [0.4, 0.5) is 0 Å². The van der Waals surface area contributed by atoms with Crippen molar-refractivity contribution >= 4 is 5.91 Å². The maximum Gasteiger partial charge on any atom is 0.220 e. The summed E-state index contributed by atoms with van der Waals surface area (Å²) in [7, 11) is 0. The van der Waals surface area contributed by atoms with Crippen LogP contribution in [-0.2, 0) is 4.79 Å². The largest absolute Gasteiger partial charge is 0.356 e. The zero-order valence-corrected chi connectivity index (χ0v) is 12.7. The first-order valence-electron chi connectivity index (χ1n) is 8.82. The van der Waals surface area contributed by atoms with Crippen LogP contribution < -0.4 is 10.6 Å². The number of amides is 1. The van der Waals surface area contributed by atoms with Gasteiger partial charge >= 0.3 is 0 Å². The number of nitrogens with one attached hydrogen (secondary N) is 2. The van der Waals surface area contributed by atoms with Crippen molar-refractivity contribution < 1.29 is 4.79 Å². The quantitative estimate of drug-likeness (QED) is 0.733. The Morgan fingerprint density at radius 1 is 1.00 bits per heavy atom. The minimum Gasteiger partial charge on any atom is -0.356 e. The van der Waals surface area contributed by atoms with E-state index in [1.165, 1.54) is 64.2 Å². The smallest absolute Gasteiger partial charge is 0.220 e. The van der Waals surface area contributed by atoms with Gasteiger partial charge in [-0.3, -0.25) is 4.79 Å². The second-order valence-corrected chi connectivity index (χ2v) is 7.32. The molecular weight excluding hydrogens is 248 g/mol. The molecule has 0 aromatic rings. The number of carbonyl (C=O) groups excluding carboxylic acids is 1. The molecule has 2 bridgehead atoms. The van der Waals surface area contributed by atoms with Crippen LogP contribution in [-0.4, -0.2) is 24.5 Å². The van der Waals surface area contributed by atoms with Gasteiger partial charge < -0.3 is 10.6 Å². The summed E-state index contributed by atoms with van der Waals surface area (Å²) < 4.78 is 0. The van der Waals surface area contributed by atoms with Crippen LogP contribution in [0.15, 0.2) is 0 Å². The third kappa shape index (κ3) is 3.97. The van der Waals surface area contributed by atoms with Gasteiger partial charge in [-0.1, -0.05) is 25.7 Å². The summed E-state index contributed by atoms with van der Waals surface area (Å²) in [4.78, 5) is 12.0. The fourth-order valence-electron chi connectivity index (χ4n) is 4.59. The van der Waals surface area contributed by atoms with Crippen molar-refractivity contribution in [1.82, 2.24) is 10.6 Å². The maximum absolute atomic E-state index is 12.0. The number of piperidine rings is 1. The van der Waals surface area contributed by atoms with Crippen molar-refractivity contribution in [2.75, 3.05) is 6.54 Å². The second-order valence-electron chi connectivity index (χ2n) is 7.32. The topological polar surface area (TPSA) is 41.1 Å². The Bertz CT molecular complexity index is 313. The standard InChI is InChI=1S/C17H30N2O/c20-17(18-9-3-6-13-4-1-2-5-13)12-14-10-15-7-8-16(11-14)19-15/h13-16,19H,1-12H2,(H,18,20). The second kappa shape index (κ2) is 6.93. The molecule has 2 N–H and O–H groups in total. The van der Waals surface area contributed by atoms with Crippen LogP contribution >= 0.6 is 0 Å². The summed E-state index contributed by atoms with van der Waals surface area (Å²) in [5.41, 5.74) is 0. The highest BCUT2D eigenvalue weighted by Gasteiger charge is 2.34. The van der Waals surface area contributed by atoms with Gasteiger partial charge in [0.25, 0.3) is 0 Å². The summed E-state index contributed by atoms with van der Waals surface area (Å²) in [5.74, 6) is 1.87. The minimum atomic E-state index is 0.294. The van der Waals surface area contributed by atoms with E-state index in [1.807, 2.05) is 0 Å². The van der Waals surface area contributed by atoms with E-state index in [-0.39, 0.29) is 0 Å². The SMILES string of the molecule is O=C(CC1CC2CCC(C1)N2)NCCCC1CCCC1. The first-order chi connectivity index (χ1) is 9.79. The molecule has 3 aliphatic rings. The lowest BCUT2D eigenvalue weighted by molar-refractivity contribution is -0.122. The monoisotopic (exact) mass is 278 g/mol. The third-order valence-electron chi connectivity index (χ3n) is 5.63. The van der Waals surface area contributed by atoms with Gasteiger partial charge in [0.15, 0.2) is 0 Å². The molecule has 2 saturated heterocycles. The summed E-state index contributed by atoms with van der Waals surface area (Å²) >= 11 is 0. The number of carbonyl (C=O) groups is 1. The Morgan fingerprint density at radius 2 is 1.70 bits per heavy atom. The fraction of sp³-hybridized carbons (Fsp3) is 0.941. The number of hydrogen-bond acceptors (Lipinski definition) is 2. The molecule has 3 rings (SSSR count). The number of hydrogen-bond donors (Lipinski definition) is 2. The molecule has 0 aromatic carbocycles. The number of rotatable bonds is 6. The Balaban J connectivity index is 1.27. The van der Waals surface area contributed by atoms with Crippen LogP contribution in [0.3, 0.4) is 0 Å². The van der Waals surface area contributed by atoms with Gasteiger partial charge in [-0.25, -0.2) is 0 Å².